The fraction of sp³-hybridized carbons (Fsp3) is 0.600. The van der Waals surface area contributed by atoms with Crippen LogP contribution in [0.1, 0.15) is 24.8 Å². The van der Waals surface area contributed by atoms with Crippen LogP contribution in [-0.2, 0) is 11.2 Å². The number of hydrogen-bond donors (Lipinski definition) is 1. The molecule has 0 bridgehead atoms. The van der Waals surface area contributed by atoms with Crippen molar-refractivity contribution in [3.8, 4) is 5.75 Å². The van der Waals surface area contributed by atoms with E-state index >= 15 is 0 Å². The summed E-state index contributed by atoms with van der Waals surface area (Å²) in [4.78, 5) is 0. The predicted molar refractivity (Wildman–Crippen MR) is 73.1 cm³/mol. The number of methoxy groups -OCH3 is 2. The molecule has 1 aromatic rings. The van der Waals surface area contributed by atoms with E-state index in [1.807, 2.05) is 19.2 Å². The zero-order valence-corrected chi connectivity index (χ0v) is 11.3. The Morgan fingerprint density at radius 3 is 2.56 bits per heavy atom. The molecule has 1 saturated carbocycles. The van der Waals surface area contributed by atoms with Crippen LogP contribution in [0.4, 0.5) is 0 Å². The second-order valence-corrected chi connectivity index (χ2v) is 4.92. The fourth-order valence-corrected chi connectivity index (χ4v) is 2.55. The fourth-order valence-electron chi connectivity index (χ4n) is 2.55. The first-order valence-electron chi connectivity index (χ1n) is 6.71. The molecule has 1 aliphatic rings. The zero-order valence-electron chi connectivity index (χ0n) is 11.3. The van der Waals surface area contributed by atoms with Crippen LogP contribution in [0.15, 0.2) is 24.3 Å². The molecule has 2 atom stereocenters. The van der Waals surface area contributed by atoms with Crippen molar-refractivity contribution in [3.63, 3.8) is 0 Å². The highest BCUT2D eigenvalue weighted by atomic mass is 16.5. The smallest absolute Gasteiger partial charge is 0.118 e. The summed E-state index contributed by atoms with van der Waals surface area (Å²) in [5.74, 6) is 0.922. The van der Waals surface area contributed by atoms with Gasteiger partial charge in [0, 0.05) is 13.2 Å². The lowest BCUT2D eigenvalue weighted by molar-refractivity contribution is 0.107. The van der Waals surface area contributed by atoms with Gasteiger partial charge in [-0.2, -0.15) is 0 Å². The van der Waals surface area contributed by atoms with E-state index in [0.717, 1.165) is 25.1 Å². The molecule has 18 heavy (non-hydrogen) atoms. The van der Waals surface area contributed by atoms with E-state index in [1.165, 1.54) is 18.4 Å². The van der Waals surface area contributed by atoms with Crippen molar-refractivity contribution >= 4 is 0 Å². The molecule has 0 amide bonds. The first-order chi connectivity index (χ1) is 8.81. The van der Waals surface area contributed by atoms with Gasteiger partial charge in [0.2, 0.25) is 0 Å². The summed E-state index contributed by atoms with van der Waals surface area (Å²) in [5.41, 5.74) is 1.35. The number of hydrogen-bond acceptors (Lipinski definition) is 3. The van der Waals surface area contributed by atoms with Crippen LogP contribution in [0, 0.1) is 0 Å². The number of benzene rings is 1. The summed E-state index contributed by atoms with van der Waals surface area (Å²) in [6.07, 6.45) is 5.11. The number of rotatable bonds is 6. The van der Waals surface area contributed by atoms with Gasteiger partial charge in [0.25, 0.3) is 0 Å². The highest BCUT2D eigenvalue weighted by Gasteiger charge is 2.23. The highest BCUT2D eigenvalue weighted by Crippen LogP contribution is 2.21. The van der Waals surface area contributed by atoms with E-state index in [2.05, 4.69) is 17.4 Å². The molecule has 0 aliphatic heterocycles. The van der Waals surface area contributed by atoms with Crippen LogP contribution in [0.3, 0.4) is 0 Å². The normalized spacial score (nSPS) is 23.2. The highest BCUT2D eigenvalue weighted by molar-refractivity contribution is 5.27. The molecule has 3 heteroatoms. The molecule has 0 radical (unpaired) electrons. The third kappa shape index (κ3) is 3.72. The molecule has 0 aromatic heterocycles. The maximum atomic E-state index is 5.38. The lowest BCUT2D eigenvalue weighted by Crippen LogP contribution is -2.29. The van der Waals surface area contributed by atoms with Gasteiger partial charge >= 0.3 is 0 Å². The Kier molecular flexibility index (Phi) is 5.02. The minimum Gasteiger partial charge on any atom is -0.497 e. The molecule has 1 fully saturated rings. The topological polar surface area (TPSA) is 30.5 Å². The molecule has 1 aliphatic carbocycles. The zero-order chi connectivity index (χ0) is 12.8. The molecule has 100 valence electrons. The minimum atomic E-state index is 0.462. The second kappa shape index (κ2) is 6.76. The first-order valence-corrected chi connectivity index (χ1v) is 6.71. The van der Waals surface area contributed by atoms with Crippen LogP contribution in [0.2, 0.25) is 0 Å². The van der Waals surface area contributed by atoms with E-state index < -0.39 is 0 Å². The van der Waals surface area contributed by atoms with Crippen LogP contribution in [-0.4, -0.2) is 32.9 Å². The first kappa shape index (κ1) is 13.4. The molecule has 0 heterocycles. The third-order valence-corrected chi connectivity index (χ3v) is 3.72. The van der Waals surface area contributed by atoms with Crippen LogP contribution in [0.5, 0.6) is 5.75 Å². The monoisotopic (exact) mass is 249 g/mol. The Bertz CT molecular complexity index is 350. The summed E-state index contributed by atoms with van der Waals surface area (Å²) in [5, 5.41) is 3.61. The molecule has 2 unspecified atom stereocenters. The minimum absolute atomic E-state index is 0.462. The second-order valence-electron chi connectivity index (χ2n) is 4.92. The van der Waals surface area contributed by atoms with Gasteiger partial charge in [-0.25, -0.2) is 0 Å². The Morgan fingerprint density at radius 1 is 1.17 bits per heavy atom. The molecule has 2 rings (SSSR count). The molecule has 0 spiro atoms. The van der Waals surface area contributed by atoms with E-state index in [1.54, 1.807) is 7.11 Å². The number of ether oxygens (including phenoxy) is 2. The Hall–Kier alpha value is -1.06. The number of nitrogens with one attached hydrogen (secondary N) is 1. The molecule has 1 aromatic carbocycles. The van der Waals surface area contributed by atoms with E-state index in [9.17, 15) is 0 Å². The van der Waals surface area contributed by atoms with Crippen molar-refractivity contribution in [3.05, 3.63) is 29.8 Å². The van der Waals surface area contributed by atoms with E-state index in [-0.39, 0.29) is 0 Å². The summed E-state index contributed by atoms with van der Waals surface area (Å²) in [7, 11) is 3.51. The van der Waals surface area contributed by atoms with Gasteiger partial charge in [0.15, 0.2) is 0 Å². The average molecular weight is 249 g/mol. The SMILES string of the molecule is COc1ccc(CCNC2CCC(OC)C2)cc1. The van der Waals surface area contributed by atoms with Crippen molar-refractivity contribution in [2.24, 2.45) is 0 Å². The average Bonchev–Trinajstić information content (AvgIpc) is 2.87. The summed E-state index contributed by atoms with van der Waals surface area (Å²) >= 11 is 0. The molecule has 0 saturated heterocycles. The maximum absolute atomic E-state index is 5.38. The molecule has 1 N–H and O–H groups in total. The van der Waals surface area contributed by atoms with Gasteiger partial charge < -0.3 is 14.8 Å². The van der Waals surface area contributed by atoms with Gasteiger partial charge in [-0.1, -0.05) is 12.1 Å². The lowest BCUT2D eigenvalue weighted by Gasteiger charge is -2.12. The van der Waals surface area contributed by atoms with Crippen molar-refractivity contribution in [1.82, 2.24) is 5.32 Å². The van der Waals surface area contributed by atoms with Crippen LogP contribution >= 0.6 is 0 Å². The predicted octanol–water partition coefficient (Wildman–Crippen LogP) is 2.39. The van der Waals surface area contributed by atoms with Crippen molar-refractivity contribution in [2.75, 3.05) is 20.8 Å². The molecular formula is C15H23NO2. The Labute approximate surface area is 109 Å². The van der Waals surface area contributed by atoms with Crippen molar-refractivity contribution in [2.45, 2.75) is 37.8 Å². The van der Waals surface area contributed by atoms with Crippen molar-refractivity contribution in [1.29, 1.82) is 0 Å². The van der Waals surface area contributed by atoms with Gasteiger partial charge in [-0.15, -0.1) is 0 Å². The summed E-state index contributed by atoms with van der Waals surface area (Å²) < 4.78 is 10.5. The Balaban J connectivity index is 1.68. The van der Waals surface area contributed by atoms with Gasteiger partial charge in [-0.05, 0) is 49.9 Å². The third-order valence-electron chi connectivity index (χ3n) is 3.72. The largest absolute Gasteiger partial charge is 0.497 e. The van der Waals surface area contributed by atoms with Gasteiger partial charge in [-0.3, -0.25) is 0 Å². The van der Waals surface area contributed by atoms with Crippen LogP contribution < -0.4 is 10.1 Å². The van der Waals surface area contributed by atoms with E-state index in [4.69, 9.17) is 9.47 Å². The quantitative estimate of drug-likeness (QED) is 0.839. The summed E-state index contributed by atoms with van der Waals surface area (Å²) in [6, 6.07) is 8.94. The summed E-state index contributed by atoms with van der Waals surface area (Å²) in [6.45, 7) is 1.04. The van der Waals surface area contributed by atoms with Crippen molar-refractivity contribution < 1.29 is 9.47 Å². The molecular weight excluding hydrogens is 226 g/mol. The molecule has 3 nitrogen and oxygen atoms in total. The van der Waals surface area contributed by atoms with Crippen LogP contribution in [0.25, 0.3) is 0 Å². The maximum Gasteiger partial charge on any atom is 0.118 e. The van der Waals surface area contributed by atoms with E-state index in [0.29, 0.717) is 12.1 Å². The Morgan fingerprint density at radius 2 is 1.94 bits per heavy atom. The lowest BCUT2D eigenvalue weighted by atomic mass is 10.1. The van der Waals surface area contributed by atoms with Gasteiger partial charge in [0.1, 0.15) is 5.75 Å². The van der Waals surface area contributed by atoms with Gasteiger partial charge in [0.05, 0.1) is 13.2 Å². The standard InChI is InChI=1S/C15H23NO2/c1-17-14-6-3-12(4-7-14)9-10-16-13-5-8-15(11-13)18-2/h3-4,6-7,13,15-16H,5,8-11H2,1-2H3.